The third-order valence-electron chi connectivity index (χ3n) is 8.74. The molecule has 4 aromatic carbocycles. The molecule has 0 bridgehead atoms. The minimum absolute atomic E-state index is 0.200. The molecule has 0 heterocycles. The SMILES string of the molecule is Cc1cc(C)c(C(=O)OC2C(OC(=O)c3c(C)cc(C)cc3C)[C@@H](C)c3ccccc3[C@@H]2c2ccccc2C)c(C)c1. The molecule has 1 aliphatic rings. The van der Waals surface area contributed by atoms with Crippen molar-refractivity contribution < 1.29 is 19.1 Å². The van der Waals surface area contributed by atoms with Gasteiger partial charge >= 0.3 is 11.9 Å². The standard InChI is InChI=1S/C38H40O4/c1-21-17-24(4)32(25(5)18-21)37(39)41-35-28(8)30-15-11-12-16-31(30)34(29-14-10-9-13-23(29)3)36(35)42-38(40)33-26(6)19-22(2)20-27(33)7/h9-20,28,34-36H,1-8H3/t28-,34-,35?,36?/m0/s1. The van der Waals surface area contributed by atoms with Gasteiger partial charge in [0.25, 0.3) is 0 Å². The molecule has 4 heteroatoms. The average molecular weight is 561 g/mol. The minimum atomic E-state index is -0.737. The van der Waals surface area contributed by atoms with Crippen LogP contribution < -0.4 is 0 Å². The Hall–Kier alpha value is -4.18. The molecule has 0 spiro atoms. The van der Waals surface area contributed by atoms with Crippen molar-refractivity contribution in [3.8, 4) is 0 Å². The van der Waals surface area contributed by atoms with Crippen molar-refractivity contribution in [1.82, 2.24) is 0 Å². The van der Waals surface area contributed by atoms with Gasteiger partial charge in [0.2, 0.25) is 0 Å². The first-order chi connectivity index (χ1) is 20.0. The van der Waals surface area contributed by atoms with Crippen LogP contribution in [0.1, 0.15) is 95.1 Å². The molecule has 216 valence electrons. The zero-order chi connectivity index (χ0) is 30.3. The van der Waals surface area contributed by atoms with Crippen molar-refractivity contribution in [2.75, 3.05) is 0 Å². The molecule has 0 aliphatic heterocycles. The maximum absolute atomic E-state index is 14.0. The molecular formula is C38H40O4. The predicted octanol–water partition coefficient (Wildman–Crippen LogP) is 8.55. The van der Waals surface area contributed by atoms with Gasteiger partial charge in [0.1, 0.15) is 6.10 Å². The second kappa shape index (κ2) is 11.6. The smallest absolute Gasteiger partial charge is 0.339 e. The molecule has 0 saturated carbocycles. The fourth-order valence-corrected chi connectivity index (χ4v) is 6.99. The van der Waals surface area contributed by atoms with E-state index < -0.39 is 24.1 Å². The number of hydrogen-bond donors (Lipinski definition) is 0. The van der Waals surface area contributed by atoms with Gasteiger partial charge in [-0.25, -0.2) is 9.59 Å². The molecule has 4 nitrogen and oxygen atoms in total. The molecule has 0 saturated heterocycles. The summed E-state index contributed by atoms with van der Waals surface area (Å²) >= 11 is 0. The maximum Gasteiger partial charge on any atom is 0.339 e. The lowest BCUT2D eigenvalue weighted by atomic mass is 9.70. The molecular weight excluding hydrogens is 520 g/mol. The first-order valence-corrected chi connectivity index (χ1v) is 14.7. The van der Waals surface area contributed by atoms with E-state index in [0.29, 0.717) is 11.1 Å². The topological polar surface area (TPSA) is 52.6 Å². The maximum atomic E-state index is 14.0. The monoisotopic (exact) mass is 560 g/mol. The summed E-state index contributed by atoms with van der Waals surface area (Å²) in [6.07, 6.45) is -1.44. The second-order valence-corrected chi connectivity index (χ2v) is 12.0. The summed E-state index contributed by atoms with van der Waals surface area (Å²) in [7, 11) is 0. The second-order valence-electron chi connectivity index (χ2n) is 12.0. The Kier molecular flexibility index (Phi) is 8.10. The third-order valence-corrected chi connectivity index (χ3v) is 8.74. The number of esters is 2. The van der Waals surface area contributed by atoms with Gasteiger partial charge in [-0.15, -0.1) is 0 Å². The lowest BCUT2D eigenvalue weighted by Crippen LogP contribution is -2.47. The van der Waals surface area contributed by atoms with E-state index in [1.807, 2.05) is 90.1 Å². The van der Waals surface area contributed by atoms with Crippen LogP contribution in [0.4, 0.5) is 0 Å². The van der Waals surface area contributed by atoms with E-state index in [2.05, 4.69) is 38.1 Å². The third kappa shape index (κ3) is 5.38. The molecule has 1 aliphatic carbocycles. The Balaban J connectivity index is 1.66. The highest BCUT2D eigenvalue weighted by molar-refractivity contribution is 5.94. The predicted molar refractivity (Wildman–Crippen MR) is 168 cm³/mol. The number of ether oxygens (including phenoxy) is 2. The average Bonchev–Trinajstić information content (AvgIpc) is 2.90. The van der Waals surface area contributed by atoms with Crippen molar-refractivity contribution in [3.05, 3.63) is 140 Å². The fraction of sp³-hybridized carbons (Fsp3) is 0.316. The van der Waals surface area contributed by atoms with E-state index in [1.54, 1.807) is 0 Å². The van der Waals surface area contributed by atoms with E-state index >= 15 is 0 Å². The van der Waals surface area contributed by atoms with Crippen LogP contribution in [0.25, 0.3) is 0 Å². The van der Waals surface area contributed by atoms with Gasteiger partial charge in [0.15, 0.2) is 6.10 Å². The number of carbonyl (C=O) groups excluding carboxylic acids is 2. The van der Waals surface area contributed by atoms with Gasteiger partial charge < -0.3 is 9.47 Å². The highest BCUT2D eigenvalue weighted by Crippen LogP contribution is 2.46. The van der Waals surface area contributed by atoms with Crippen LogP contribution in [0.3, 0.4) is 0 Å². The Morgan fingerprint density at radius 3 is 1.40 bits per heavy atom. The Labute approximate surface area is 249 Å². The largest absolute Gasteiger partial charge is 0.454 e. The van der Waals surface area contributed by atoms with Crippen molar-refractivity contribution in [2.45, 2.75) is 79.4 Å². The van der Waals surface area contributed by atoms with Crippen molar-refractivity contribution in [1.29, 1.82) is 0 Å². The molecule has 4 atom stereocenters. The number of carbonyl (C=O) groups is 2. The molecule has 4 aromatic rings. The molecule has 0 radical (unpaired) electrons. The van der Waals surface area contributed by atoms with Crippen LogP contribution in [0, 0.1) is 48.5 Å². The molecule has 5 rings (SSSR count). The summed E-state index contributed by atoms with van der Waals surface area (Å²) in [5.41, 5.74) is 11.1. The zero-order valence-corrected chi connectivity index (χ0v) is 25.9. The molecule has 42 heavy (non-hydrogen) atoms. The van der Waals surface area contributed by atoms with Gasteiger partial charge in [0.05, 0.1) is 17.0 Å². The quantitative estimate of drug-likeness (QED) is 0.230. The molecule has 2 unspecified atom stereocenters. The minimum Gasteiger partial charge on any atom is -0.454 e. The molecule has 0 N–H and O–H groups in total. The van der Waals surface area contributed by atoms with E-state index in [-0.39, 0.29) is 11.8 Å². The number of hydrogen-bond acceptors (Lipinski definition) is 4. The molecule has 0 aromatic heterocycles. The van der Waals surface area contributed by atoms with Crippen LogP contribution in [0.5, 0.6) is 0 Å². The van der Waals surface area contributed by atoms with Crippen LogP contribution in [-0.2, 0) is 9.47 Å². The zero-order valence-electron chi connectivity index (χ0n) is 25.9. The summed E-state index contributed by atoms with van der Waals surface area (Å²) in [6.45, 7) is 15.9. The summed E-state index contributed by atoms with van der Waals surface area (Å²) < 4.78 is 13.0. The van der Waals surface area contributed by atoms with Gasteiger partial charge in [-0.3, -0.25) is 0 Å². The van der Waals surface area contributed by atoms with Crippen LogP contribution >= 0.6 is 0 Å². The van der Waals surface area contributed by atoms with Crippen molar-refractivity contribution in [2.24, 2.45) is 0 Å². The number of fused-ring (bicyclic) bond motifs is 1. The summed E-state index contributed by atoms with van der Waals surface area (Å²) in [6, 6.07) is 24.4. The van der Waals surface area contributed by atoms with Gasteiger partial charge in [-0.05, 0) is 93.0 Å². The highest BCUT2D eigenvalue weighted by Gasteiger charge is 2.47. The highest BCUT2D eigenvalue weighted by atomic mass is 16.6. The van der Waals surface area contributed by atoms with Crippen LogP contribution in [-0.4, -0.2) is 24.1 Å². The number of aryl methyl sites for hydroxylation is 7. The lowest BCUT2D eigenvalue weighted by molar-refractivity contribution is -0.0533. The van der Waals surface area contributed by atoms with Crippen LogP contribution in [0.2, 0.25) is 0 Å². The summed E-state index contributed by atoms with van der Waals surface area (Å²) in [5, 5.41) is 0. The van der Waals surface area contributed by atoms with E-state index in [9.17, 15) is 9.59 Å². The summed E-state index contributed by atoms with van der Waals surface area (Å²) in [5.74, 6) is -1.31. The molecule has 0 amide bonds. The fourth-order valence-electron chi connectivity index (χ4n) is 6.99. The van der Waals surface area contributed by atoms with Crippen molar-refractivity contribution >= 4 is 11.9 Å². The first-order valence-electron chi connectivity index (χ1n) is 14.7. The number of benzene rings is 4. The van der Waals surface area contributed by atoms with E-state index in [0.717, 1.165) is 55.6 Å². The summed E-state index contributed by atoms with van der Waals surface area (Å²) in [4.78, 5) is 27.9. The van der Waals surface area contributed by atoms with E-state index in [4.69, 9.17) is 9.47 Å². The first kappa shape index (κ1) is 29.3. The Morgan fingerprint density at radius 2 is 0.929 bits per heavy atom. The van der Waals surface area contributed by atoms with Crippen LogP contribution in [0.15, 0.2) is 72.8 Å². The van der Waals surface area contributed by atoms with Gasteiger partial charge in [-0.2, -0.15) is 0 Å². The normalized spacial score (nSPS) is 19.6. The van der Waals surface area contributed by atoms with E-state index in [1.165, 1.54) is 0 Å². The number of rotatable bonds is 5. The van der Waals surface area contributed by atoms with Crippen molar-refractivity contribution in [3.63, 3.8) is 0 Å². The lowest BCUT2D eigenvalue weighted by Gasteiger charge is -2.42. The Bertz CT molecular complexity index is 1630. The molecule has 0 fully saturated rings. The van der Waals surface area contributed by atoms with Gasteiger partial charge in [0, 0.05) is 5.92 Å². The van der Waals surface area contributed by atoms with Gasteiger partial charge in [-0.1, -0.05) is 90.8 Å². The Morgan fingerprint density at radius 1 is 0.524 bits per heavy atom.